The predicted molar refractivity (Wildman–Crippen MR) is 45.6 cm³/mol. The van der Waals surface area contributed by atoms with Gasteiger partial charge in [-0.3, -0.25) is 0 Å². The Morgan fingerprint density at radius 2 is 2.23 bits per heavy atom. The molecule has 0 saturated carbocycles. The molecule has 1 aromatic carbocycles. The molecular formula is C9H11FO3. The number of hydrogen-bond acceptors (Lipinski definition) is 3. The maximum absolute atomic E-state index is 13.0. The molecule has 0 bridgehead atoms. The smallest absolute Gasteiger partial charge is 0.163 e. The van der Waals surface area contributed by atoms with Crippen molar-refractivity contribution in [1.82, 2.24) is 0 Å². The third-order valence-corrected chi connectivity index (χ3v) is 1.75. The van der Waals surface area contributed by atoms with E-state index in [9.17, 15) is 9.50 Å². The topological polar surface area (TPSA) is 49.7 Å². The molecule has 0 aliphatic rings. The van der Waals surface area contributed by atoms with Crippen molar-refractivity contribution in [3.05, 3.63) is 23.8 Å². The van der Waals surface area contributed by atoms with Crippen molar-refractivity contribution in [2.45, 2.75) is 6.17 Å². The highest BCUT2D eigenvalue weighted by atomic mass is 19.1. The van der Waals surface area contributed by atoms with Crippen LogP contribution in [0.15, 0.2) is 18.2 Å². The highest BCUT2D eigenvalue weighted by molar-refractivity contribution is 5.46. The fraction of sp³-hybridized carbons (Fsp3) is 0.333. The summed E-state index contributed by atoms with van der Waals surface area (Å²) in [6.45, 7) is -0.652. The van der Waals surface area contributed by atoms with E-state index in [2.05, 4.69) is 0 Å². The Hall–Kier alpha value is -1.29. The van der Waals surface area contributed by atoms with Gasteiger partial charge in [-0.25, -0.2) is 4.39 Å². The molecule has 3 nitrogen and oxygen atoms in total. The van der Waals surface area contributed by atoms with E-state index in [-0.39, 0.29) is 17.1 Å². The second-order valence-electron chi connectivity index (χ2n) is 2.55. The van der Waals surface area contributed by atoms with Crippen molar-refractivity contribution in [2.24, 2.45) is 0 Å². The lowest BCUT2D eigenvalue weighted by molar-refractivity contribution is 0.176. The van der Waals surface area contributed by atoms with Crippen molar-refractivity contribution in [1.29, 1.82) is 0 Å². The molecule has 1 unspecified atom stereocenters. The van der Waals surface area contributed by atoms with Crippen molar-refractivity contribution >= 4 is 0 Å². The SMILES string of the molecule is COc1cccc(C(F)CO)c1O. The number of halogens is 1. The normalized spacial score (nSPS) is 12.5. The van der Waals surface area contributed by atoms with E-state index < -0.39 is 12.8 Å². The van der Waals surface area contributed by atoms with Crippen LogP contribution in [0.5, 0.6) is 11.5 Å². The van der Waals surface area contributed by atoms with E-state index in [0.717, 1.165) is 0 Å². The summed E-state index contributed by atoms with van der Waals surface area (Å²) in [5.41, 5.74) is 0.0434. The van der Waals surface area contributed by atoms with Crippen LogP contribution in [0.25, 0.3) is 0 Å². The van der Waals surface area contributed by atoms with Crippen molar-refractivity contribution in [3.8, 4) is 11.5 Å². The minimum Gasteiger partial charge on any atom is -0.504 e. The largest absolute Gasteiger partial charge is 0.504 e. The van der Waals surface area contributed by atoms with Crippen LogP contribution in [0, 0.1) is 0 Å². The van der Waals surface area contributed by atoms with Crippen molar-refractivity contribution in [2.75, 3.05) is 13.7 Å². The molecule has 4 heteroatoms. The third-order valence-electron chi connectivity index (χ3n) is 1.75. The zero-order valence-electron chi connectivity index (χ0n) is 7.20. The van der Waals surface area contributed by atoms with Gasteiger partial charge in [0.25, 0.3) is 0 Å². The number of methoxy groups -OCH3 is 1. The quantitative estimate of drug-likeness (QED) is 0.750. The van der Waals surface area contributed by atoms with E-state index in [1.165, 1.54) is 19.2 Å². The molecule has 1 rings (SSSR count). The average Bonchev–Trinajstić information content (AvgIpc) is 2.17. The molecule has 0 aliphatic carbocycles. The fourth-order valence-corrected chi connectivity index (χ4v) is 1.06. The minimum atomic E-state index is -1.57. The van der Waals surface area contributed by atoms with Crippen LogP contribution >= 0.6 is 0 Å². The Kier molecular flexibility index (Phi) is 3.08. The Labute approximate surface area is 75.4 Å². The summed E-state index contributed by atoms with van der Waals surface area (Å²) in [5.74, 6) is -0.0554. The third kappa shape index (κ3) is 1.89. The highest BCUT2D eigenvalue weighted by Crippen LogP contribution is 2.34. The van der Waals surface area contributed by atoms with Crippen LogP contribution in [-0.4, -0.2) is 23.9 Å². The first kappa shape index (κ1) is 9.80. The number of para-hydroxylation sites is 1. The molecule has 1 atom stereocenters. The van der Waals surface area contributed by atoms with Crippen LogP contribution in [0.4, 0.5) is 4.39 Å². The average molecular weight is 186 g/mol. The summed E-state index contributed by atoms with van der Waals surface area (Å²) in [6.07, 6.45) is -1.57. The van der Waals surface area contributed by atoms with Gasteiger partial charge in [0.05, 0.1) is 13.7 Å². The first-order valence-electron chi connectivity index (χ1n) is 3.81. The number of phenolic OH excluding ortho intramolecular Hbond substituents is 1. The molecule has 0 aromatic heterocycles. The standard InChI is InChI=1S/C9H11FO3/c1-13-8-4-2-3-6(9(8)12)7(10)5-11/h2-4,7,11-12H,5H2,1H3. The first-order valence-corrected chi connectivity index (χ1v) is 3.81. The Morgan fingerprint density at radius 1 is 1.54 bits per heavy atom. The monoisotopic (exact) mass is 186 g/mol. The fourth-order valence-electron chi connectivity index (χ4n) is 1.06. The lowest BCUT2D eigenvalue weighted by Gasteiger charge is -2.10. The number of aliphatic hydroxyl groups is 1. The summed E-state index contributed by atoms with van der Waals surface area (Å²) in [5, 5.41) is 18.0. The Balaban J connectivity index is 3.08. The maximum Gasteiger partial charge on any atom is 0.163 e. The second-order valence-corrected chi connectivity index (χ2v) is 2.55. The second kappa shape index (κ2) is 4.09. The van der Waals surface area contributed by atoms with Crippen LogP contribution in [0.1, 0.15) is 11.7 Å². The van der Waals surface area contributed by atoms with Crippen molar-refractivity contribution in [3.63, 3.8) is 0 Å². The van der Waals surface area contributed by atoms with Gasteiger partial charge in [0, 0.05) is 5.56 Å². The van der Waals surface area contributed by atoms with Crippen LogP contribution in [0.2, 0.25) is 0 Å². The molecular weight excluding hydrogens is 175 g/mol. The van der Waals surface area contributed by atoms with Gasteiger partial charge in [-0.05, 0) is 6.07 Å². The highest BCUT2D eigenvalue weighted by Gasteiger charge is 2.15. The summed E-state index contributed by atoms with van der Waals surface area (Å²) < 4.78 is 17.8. The molecule has 0 radical (unpaired) electrons. The van der Waals surface area contributed by atoms with Crippen LogP contribution in [-0.2, 0) is 0 Å². The zero-order valence-corrected chi connectivity index (χ0v) is 7.20. The Bertz CT molecular complexity index is 288. The number of aromatic hydroxyl groups is 1. The zero-order chi connectivity index (χ0) is 9.84. The molecule has 0 saturated heterocycles. The Morgan fingerprint density at radius 3 is 2.77 bits per heavy atom. The van der Waals surface area contributed by atoms with E-state index >= 15 is 0 Å². The molecule has 0 heterocycles. The summed E-state index contributed by atoms with van der Waals surface area (Å²) in [4.78, 5) is 0. The maximum atomic E-state index is 13.0. The molecule has 13 heavy (non-hydrogen) atoms. The molecule has 0 spiro atoms. The van der Waals surface area contributed by atoms with Gasteiger partial charge in [-0.1, -0.05) is 12.1 Å². The number of ether oxygens (including phenoxy) is 1. The molecule has 0 fully saturated rings. The number of benzene rings is 1. The molecule has 2 N–H and O–H groups in total. The van der Waals surface area contributed by atoms with E-state index in [0.29, 0.717) is 0 Å². The van der Waals surface area contributed by atoms with E-state index in [1.54, 1.807) is 6.07 Å². The van der Waals surface area contributed by atoms with Gasteiger partial charge in [-0.2, -0.15) is 0 Å². The number of aliphatic hydroxyl groups excluding tert-OH is 1. The van der Waals surface area contributed by atoms with Gasteiger partial charge >= 0.3 is 0 Å². The van der Waals surface area contributed by atoms with Crippen molar-refractivity contribution < 1.29 is 19.3 Å². The number of phenols is 1. The van der Waals surface area contributed by atoms with Crippen LogP contribution in [0.3, 0.4) is 0 Å². The minimum absolute atomic E-state index is 0.0434. The van der Waals surface area contributed by atoms with Crippen LogP contribution < -0.4 is 4.74 Å². The summed E-state index contributed by atoms with van der Waals surface area (Å²) in [7, 11) is 1.38. The van der Waals surface area contributed by atoms with E-state index in [1.807, 2.05) is 0 Å². The van der Waals surface area contributed by atoms with Gasteiger partial charge in [0.1, 0.15) is 0 Å². The number of rotatable bonds is 3. The molecule has 0 aliphatic heterocycles. The van der Waals surface area contributed by atoms with E-state index in [4.69, 9.17) is 9.84 Å². The predicted octanol–water partition coefficient (Wildman–Crippen LogP) is 1.40. The lowest BCUT2D eigenvalue weighted by atomic mass is 10.1. The molecule has 72 valence electrons. The van der Waals surface area contributed by atoms with Gasteiger partial charge in [0.2, 0.25) is 0 Å². The summed E-state index contributed by atoms with van der Waals surface area (Å²) in [6, 6.07) is 4.47. The van der Waals surface area contributed by atoms with Gasteiger partial charge in [-0.15, -0.1) is 0 Å². The number of hydrogen-bond donors (Lipinski definition) is 2. The lowest BCUT2D eigenvalue weighted by Crippen LogP contribution is -1.98. The molecule has 0 amide bonds. The van der Waals surface area contributed by atoms with Gasteiger partial charge in [0.15, 0.2) is 17.7 Å². The first-order chi connectivity index (χ1) is 6.20. The summed E-state index contributed by atoms with van der Waals surface area (Å²) >= 11 is 0. The molecule has 1 aromatic rings. The van der Waals surface area contributed by atoms with Gasteiger partial charge < -0.3 is 14.9 Å². The number of alkyl halides is 1.